The number of H-pyrrole nitrogens is 1. The average molecular weight is 377 g/mol. The molecule has 140 valence electrons. The summed E-state index contributed by atoms with van der Waals surface area (Å²) in [5.41, 5.74) is 0.231. The predicted octanol–water partition coefficient (Wildman–Crippen LogP) is 2.14. The van der Waals surface area contributed by atoms with Gasteiger partial charge in [-0.15, -0.1) is 0 Å². The summed E-state index contributed by atoms with van der Waals surface area (Å²) in [7, 11) is 3.05. The fourth-order valence-electron chi connectivity index (χ4n) is 2.77. The first kappa shape index (κ1) is 17.4. The number of hydrogen-bond acceptors (Lipinski definition) is 7. The molecule has 4 aromatic rings. The molecule has 1 amide bonds. The summed E-state index contributed by atoms with van der Waals surface area (Å²) in [6.45, 7) is 0. The Morgan fingerprint density at radius 1 is 1.07 bits per heavy atom. The van der Waals surface area contributed by atoms with Gasteiger partial charge in [-0.25, -0.2) is 15.0 Å². The van der Waals surface area contributed by atoms with Crippen LogP contribution in [0.2, 0.25) is 0 Å². The number of nitrogens with zero attached hydrogens (tertiary/aromatic N) is 3. The van der Waals surface area contributed by atoms with Crippen molar-refractivity contribution in [2.75, 3.05) is 19.5 Å². The number of nitrogens with one attached hydrogen (secondary N) is 2. The van der Waals surface area contributed by atoms with E-state index in [4.69, 9.17) is 9.47 Å². The van der Waals surface area contributed by atoms with Crippen LogP contribution in [-0.4, -0.2) is 40.1 Å². The summed E-state index contributed by atoms with van der Waals surface area (Å²) >= 11 is 0. The molecule has 0 aliphatic rings. The molecule has 0 saturated carbocycles. The highest BCUT2D eigenvalue weighted by molar-refractivity contribution is 6.02. The molecule has 9 nitrogen and oxygen atoms in total. The molecule has 0 bridgehead atoms. The van der Waals surface area contributed by atoms with E-state index in [-0.39, 0.29) is 16.9 Å². The van der Waals surface area contributed by atoms with E-state index in [1.165, 1.54) is 14.2 Å². The zero-order valence-electron chi connectivity index (χ0n) is 15.0. The van der Waals surface area contributed by atoms with Gasteiger partial charge in [0.05, 0.1) is 25.1 Å². The number of methoxy groups -OCH3 is 2. The molecular formula is C19H15N5O4. The van der Waals surface area contributed by atoms with Crippen molar-refractivity contribution in [1.29, 1.82) is 0 Å². The van der Waals surface area contributed by atoms with Crippen molar-refractivity contribution >= 4 is 33.7 Å². The number of amides is 1. The molecule has 0 fully saturated rings. The Morgan fingerprint density at radius 3 is 2.57 bits per heavy atom. The van der Waals surface area contributed by atoms with Crippen LogP contribution < -0.4 is 20.3 Å². The van der Waals surface area contributed by atoms with Crippen LogP contribution in [0.5, 0.6) is 11.5 Å². The second-order valence-corrected chi connectivity index (χ2v) is 5.84. The Hall–Kier alpha value is -4.01. The number of carbonyl (C=O) groups is 1. The van der Waals surface area contributed by atoms with E-state index in [0.717, 1.165) is 0 Å². The number of carbonyl (C=O) groups excluding carboxylic acids is 1. The lowest BCUT2D eigenvalue weighted by molar-refractivity contribution is 0.101. The molecule has 0 aliphatic carbocycles. The number of pyridine rings is 2. The fraction of sp³-hybridized carbons (Fsp3) is 0.105. The number of fused-ring (bicyclic) bond motifs is 2. The van der Waals surface area contributed by atoms with Crippen LogP contribution in [0.25, 0.3) is 21.9 Å². The molecule has 3 aromatic heterocycles. The number of hydrogen-bond donors (Lipinski definition) is 2. The Labute approximate surface area is 158 Å². The molecular weight excluding hydrogens is 362 g/mol. The zero-order chi connectivity index (χ0) is 19.7. The molecule has 4 rings (SSSR count). The minimum absolute atomic E-state index is 0.148. The fourth-order valence-corrected chi connectivity index (χ4v) is 2.77. The smallest absolute Gasteiger partial charge is 0.292 e. The Bertz CT molecular complexity index is 1250. The molecule has 0 spiro atoms. The van der Waals surface area contributed by atoms with Gasteiger partial charge in [-0.3, -0.25) is 9.59 Å². The lowest BCUT2D eigenvalue weighted by Crippen LogP contribution is -2.21. The van der Waals surface area contributed by atoms with Crippen molar-refractivity contribution in [3.63, 3.8) is 0 Å². The molecule has 0 atom stereocenters. The largest absolute Gasteiger partial charge is 0.493 e. The average Bonchev–Trinajstić information content (AvgIpc) is 2.72. The van der Waals surface area contributed by atoms with Crippen molar-refractivity contribution in [2.45, 2.75) is 0 Å². The maximum atomic E-state index is 12.5. The van der Waals surface area contributed by atoms with Gasteiger partial charge in [0, 0.05) is 17.6 Å². The highest BCUT2D eigenvalue weighted by Gasteiger charge is 2.15. The number of rotatable bonds is 4. The van der Waals surface area contributed by atoms with E-state index < -0.39 is 11.5 Å². The van der Waals surface area contributed by atoms with E-state index in [9.17, 15) is 9.59 Å². The van der Waals surface area contributed by atoms with Gasteiger partial charge in [-0.05, 0) is 24.3 Å². The summed E-state index contributed by atoms with van der Waals surface area (Å²) in [5, 5.41) is 3.52. The molecule has 1 aromatic carbocycles. The van der Waals surface area contributed by atoms with E-state index in [2.05, 4.69) is 25.3 Å². The first-order valence-corrected chi connectivity index (χ1v) is 8.28. The van der Waals surface area contributed by atoms with E-state index >= 15 is 0 Å². The van der Waals surface area contributed by atoms with Crippen LogP contribution in [0.3, 0.4) is 0 Å². The topological polar surface area (TPSA) is 119 Å². The van der Waals surface area contributed by atoms with Crippen LogP contribution >= 0.6 is 0 Å². The van der Waals surface area contributed by atoms with E-state index in [1.807, 2.05) is 0 Å². The third-order valence-corrected chi connectivity index (χ3v) is 4.12. The molecule has 9 heteroatoms. The van der Waals surface area contributed by atoms with Gasteiger partial charge in [0.1, 0.15) is 5.82 Å². The Morgan fingerprint density at radius 2 is 1.86 bits per heavy atom. The standard InChI is InChI=1S/C19H15N5O4/c1-27-13-8-10-7-11-16(21-12(10)9-14(13)28-2)23-17(24-18(11)25)19(26)22-15-5-3-4-6-20-15/h3-9H,1-2H3,(H,20,22,26)(H,21,23,24,25). The van der Waals surface area contributed by atoms with E-state index in [0.29, 0.717) is 28.2 Å². The lowest BCUT2D eigenvalue weighted by Gasteiger charge is -2.09. The van der Waals surface area contributed by atoms with Crippen molar-refractivity contribution in [1.82, 2.24) is 19.9 Å². The number of aromatic nitrogens is 4. The van der Waals surface area contributed by atoms with Crippen molar-refractivity contribution in [2.24, 2.45) is 0 Å². The minimum atomic E-state index is -0.591. The van der Waals surface area contributed by atoms with Gasteiger partial charge in [0.25, 0.3) is 11.5 Å². The first-order chi connectivity index (χ1) is 13.6. The summed E-state index contributed by atoms with van der Waals surface area (Å²) in [6, 6.07) is 10.1. The van der Waals surface area contributed by atoms with E-state index in [1.54, 1.807) is 42.6 Å². The van der Waals surface area contributed by atoms with Crippen molar-refractivity contribution in [3.05, 3.63) is 58.8 Å². The van der Waals surface area contributed by atoms with Gasteiger partial charge in [0.2, 0.25) is 5.82 Å². The summed E-state index contributed by atoms with van der Waals surface area (Å²) in [5.74, 6) is 0.618. The molecule has 2 N–H and O–H groups in total. The van der Waals surface area contributed by atoms with Crippen LogP contribution in [-0.2, 0) is 0 Å². The SMILES string of the molecule is COc1cc2cc3c(=O)[nH]c(C(=O)Nc4ccccn4)nc3nc2cc1OC. The normalized spacial score (nSPS) is 10.8. The highest BCUT2D eigenvalue weighted by Crippen LogP contribution is 2.32. The number of aromatic amines is 1. The summed E-state index contributed by atoms with van der Waals surface area (Å²) in [6.07, 6.45) is 1.54. The van der Waals surface area contributed by atoms with Crippen LogP contribution in [0, 0.1) is 0 Å². The van der Waals surface area contributed by atoms with Gasteiger partial charge >= 0.3 is 0 Å². The van der Waals surface area contributed by atoms with Crippen molar-refractivity contribution in [3.8, 4) is 11.5 Å². The molecule has 3 heterocycles. The first-order valence-electron chi connectivity index (χ1n) is 8.28. The number of ether oxygens (including phenoxy) is 2. The predicted molar refractivity (Wildman–Crippen MR) is 103 cm³/mol. The lowest BCUT2D eigenvalue weighted by atomic mass is 10.1. The Kier molecular flexibility index (Phi) is 4.32. The summed E-state index contributed by atoms with van der Waals surface area (Å²) < 4.78 is 10.6. The molecule has 0 radical (unpaired) electrons. The second-order valence-electron chi connectivity index (χ2n) is 5.84. The highest BCUT2D eigenvalue weighted by atomic mass is 16.5. The van der Waals surface area contributed by atoms with Crippen LogP contribution in [0.15, 0.2) is 47.4 Å². The van der Waals surface area contributed by atoms with Gasteiger partial charge in [-0.1, -0.05) is 6.07 Å². The minimum Gasteiger partial charge on any atom is -0.493 e. The third-order valence-electron chi connectivity index (χ3n) is 4.12. The second kappa shape index (κ2) is 6.95. The molecule has 28 heavy (non-hydrogen) atoms. The maximum Gasteiger partial charge on any atom is 0.292 e. The van der Waals surface area contributed by atoms with Crippen LogP contribution in [0.4, 0.5) is 5.82 Å². The third kappa shape index (κ3) is 3.09. The number of benzene rings is 1. The van der Waals surface area contributed by atoms with Crippen LogP contribution in [0.1, 0.15) is 10.6 Å². The zero-order valence-corrected chi connectivity index (χ0v) is 15.0. The van der Waals surface area contributed by atoms with Gasteiger partial charge < -0.3 is 19.8 Å². The maximum absolute atomic E-state index is 12.5. The van der Waals surface area contributed by atoms with Gasteiger partial charge in [0.15, 0.2) is 17.1 Å². The monoisotopic (exact) mass is 377 g/mol. The molecule has 0 aliphatic heterocycles. The number of anilines is 1. The quantitative estimate of drug-likeness (QED) is 0.523. The van der Waals surface area contributed by atoms with Gasteiger partial charge in [-0.2, -0.15) is 0 Å². The molecule has 0 unspecified atom stereocenters. The molecule has 0 saturated heterocycles. The van der Waals surface area contributed by atoms with Crippen molar-refractivity contribution < 1.29 is 14.3 Å². The summed E-state index contributed by atoms with van der Waals surface area (Å²) in [4.78, 5) is 40.0. The Balaban J connectivity index is 1.82.